The number of sulfonamides is 1. The highest BCUT2D eigenvalue weighted by molar-refractivity contribution is 7.89. The van der Waals surface area contributed by atoms with Crippen molar-refractivity contribution in [1.82, 2.24) is 19.5 Å². The van der Waals surface area contributed by atoms with Gasteiger partial charge in [-0.2, -0.15) is 5.10 Å². The summed E-state index contributed by atoms with van der Waals surface area (Å²) in [6.45, 7) is 0.116. The molecule has 0 radical (unpaired) electrons. The summed E-state index contributed by atoms with van der Waals surface area (Å²) in [4.78, 5) is 4.62. The minimum atomic E-state index is -3.64. The van der Waals surface area contributed by atoms with Gasteiger partial charge >= 0.3 is 0 Å². The quantitative estimate of drug-likeness (QED) is 0.653. The Balaban J connectivity index is 1.59. The zero-order chi connectivity index (χ0) is 19.6. The molecule has 0 bridgehead atoms. The molecule has 0 spiro atoms. The Kier molecular flexibility index (Phi) is 5.48. The van der Waals surface area contributed by atoms with Crippen molar-refractivity contribution in [2.75, 3.05) is 0 Å². The number of benzene rings is 1. The fourth-order valence-electron chi connectivity index (χ4n) is 3.53. The maximum absolute atomic E-state index is 12.5. The first-order valence-electron chi connectivity index (χ1n) is 9.28. The van der Waals surface area contributed by atoms with E-state index in [1.54, 1.807) is 18.3 Å². The molecule has 0 unspecified atom stereocenters. The van der Waals surface area contributed by atoms with Gasteiger partial charge in [-0.3, -0.25) is 9.67 Å². The van der Waals surface area contributed by atoms with Gasteiger partial charge in [0.05, 0.1) is 34.6 Å². The summed E-state index contributed by atoms with van der Waals surface area (Å²) in [7, 11) is -3.64. The van der Waals surface area contributed by atoms with Crippen LogP contribution in [0.3, 0.4) is 0 Å². The fourth-order valence-corrected chi connectivity index (χ4v) is 4.66. The molecule has 1 aromatic carbocycles. The van der Waals surface area contributed by atoms with Gasteiger partial charge in [-0.15, -0.1) is 0 Å². The molecule has 1 aliphatic carbocycles. The first kappa shape index (κ1) is 19.1. The Morgan fingerprint density at radius 3 is 2.54 bits per heavy atom. The second-order valence-electron chi connectivity index (χ2n) is 6.90. The summed E-state index contributed by atoms with van der Waals surface area (Å²) in [5.41, 5.74) is 2.44. The molecule has 6 nitrogen and oxygen atoms in total. The van der Waals surface area contributed by atoms with Crippen molar-refractivity contribution in [1.29, 1.82) is 0 Å². The maximum atomic E-state index is 12.5. The average Bonchev–Trinajstić information content (AvgIpc) is 3.37. The van der Waals surface area contributed by atoms with E-state index in [-0.39, 0.29) is 11.4 Å². The molecule has 28 heavy (non-hydrogen) atoms. The van der Waals surface area contributed by atoms with Crippen LogP contribution in [0.5, 0.6) is 0 Å². The minimum absolute atomic E-state index is 0.116. The molecule has 3 aromatic rings. The van der Waals surface area contributed by atoms with Gasteiger partial charge in [-0.05, 0) is 55.3 Å². The molecule has 146 valence electrons. The molecular weight excluding hydrogens is 396 g/mol. The molecule has 1 saturated carbocycles. The smallest absolute Gasteiger partial charge is 0.240 e. The molecule has 0 atom stereocenters. The number of hydrogen-bond acceptors (Lipinski definition) is 4. The van der Waals surface area contributed by atoms with Crippen LogP contribution in [0.2, 0.25) is 5.02 Å². The largest absolute Gasteiger partial charge is 0.260 e. The van der Waals surface area contributed by atoms with E-state index in [0.717, 1.165) is 24.2 Å². The van der Waals surface area contributed by atoms with Gasteiger partial charge in [0.25, 0.3) is 0 Å². The van der Waals surface area contributed by atoms with Crippen LogP contribution in [0.15, 0.2) is 59.6 Å². The zero-order valence-corrected chi connectivity index (χ0v) is 16.8. The van der Waals surface area contributed by atoms with Crippen molar-refractivity contribution < 1.29 is 8.42 Å². The molecule has 1 aliphatic rings. The summed E-state index contributed by atoms with van der Waals surface area (Å²) in [5.74, 6) is 0. The van der Waals surface area contributed by atoms with Gasteiger partial charge in [0.15, 0.2) is 0 Å². The first-order chi connectivity index (χ1) is 13.5. The van der Waals surface area contributed by atoms with Crippen molar-refractivity contribution in [3.63, 3.8) is 0 Å². The van der Waals surface area contributed by atoms with Crippen molar-refractivity contribution in [2.45, 2.75) is 43.2 Å². The van der Waals surface area contributed by atoms with Crippen molar-refractivity contribution in [2.24, 2.45) is 0 Å². The van der Waals surface area contributed by atoms with Gasteiger partial charge in [0.1, 0.15) is 0 Å². The number of nitrogens with zero attached hydrogens (tertiary/aromatic N) is 3. The highest BCUT2D eigenvalue weighted by Gasteiger charge is 2.23. The number of hydrogen-bond donors (Lipinski definition) is 1. The Hall–Kier alpha value is -2.22. The predicted octanol–water partition coefficient (Wildman–Crippen LogP) is 4.19. The molecule has 4 rings (SSSR count). The zero-order valence-electron chi connectivity index (χ0n) is 15.3. The molecule has 0 saturated heterocycles. The van der Waals surface area contributed by atoms with Crippen LogP contribution in [0, 0.1) is 0 Å². The summed E-state index contributed by atoms with van der Waals surface area (Å²) < 4.78 is 29.7. The van der Waals surface area contributed by atoms with E-state index >= 15 is 0 Å². The fraction of sp³-hybridized carbons (Fsp3) is 0.300. The summed E-state index contributed by atoms with van der Waals surface area (Å²) in [5, 5.41) is 5.20. The Morgan fingerprint density at radius 2 is 1.86 bits per heavy atom. The van der Waals surface area contributed by atoms with Gasteiger partial charge < -0.3 is 0 Å². The van der Waals surface area contributed by atoms with Gasteiger partial charge in [0, 0.05) is 11.2 Å². The molecule has 0 aliphatic heterocycles. The van der Waals surface area contributed by atoms with E-state index in [0.29, 0.717) is 16.8 Å². The summed E-state index contributed by atoms with van der Waals surface area (Å²) in [6.07, 6.45) is 6.29. The standard InChI is InChI=1S/C20H21ClN4O2S/c21-15-8-10-18(11-9-15)28(26,27)23-14-16-13-20(19-7-3-4-12-22-19)25(24-16)17-5-1-2-6-17/h3-4,7-13,17,23H,1-2,5-6,14H2. The van der Waals surface area contributed by atoms with Crippen LogP contribution >= 0.6 is 11.6 Å². The third-order valence-corrected chi connectivity index (χ3v) is 6.62. The highest BCUT2D eigenvalue weighted by Crippen LogP contribution is 2.33. The molecular formula is C20H21ClN4O2S. The molecule has 2 aromatic heterocycles. The summed E-state index contributed by atoms with van der Waals surface area (Å²) >= 11 is 5.84. The van der Waals surface area contributed by atoms with E-state index in [2.05, 4.69) is 9.71 Å². The molecule has 1 fully saturated rings. The highest BCUT2D eigenvalue weighted by atomic mass is 35.5. The first-order valence-corrected chi connectivity index (χ1v) is 11.1. The Bertz CT molecular complexity index is 1040. The Morgan fingerprint density at radius 1 is 1.11 bits per heavy atom. The second-order valence-corrected chi connectivity index (χ2v) is 9.10. The van der Waals surface area contributed by atoms with E-state index in [4.69, 9.17) is 16.7 Å². The third-order valence-electron chi connectivity index (χ3n) is 4.95. The molecule has 0 amide bonds. The van der Waals surface area contributed by atoms with Crippen LogP contribution in [0.25, 0.3) is 11.4 Å². The molecule has 8 heteroatoms. The lowest BCUT2D eigenvalue weighted by atomic mass is 10.2. The van der Waals surface area contributed by atoms with Crippen LogP contribution in [0.1, 0.15) is 37.4 Å². The number of aromatic nitrogens is 3. The summed E-state index contributed by atoms with van der Waals surface area (Å²) in [6, 6.07) is 14.1. The Labute approximate surface area is 169 Å². The normalized spacial score (nSPS) is 15.2. The maximum Gasteiger partial charge on any atom is 0.240 e. The number of halogens is 1. The topological polar surface area (TPSA) is 76.9 Å². The average molecular weight is 417 g/mol. The van der Waals surface area contributed by atoms with Crippen LogP contribution in [-0.4, -0.2) is 23.2 Å². The third kappa shape index (κ3) is 4.11. The van der Waals surface area contributed by atoms with Crippen LogP contribution in [0.4, 0.5) is 0 Å². The van der Waals surface area contributed by atoms with E-state index in [9.17, 15) is 8.42 Å². The lowest BCUT2D eigenvalue weighted by molar-refractivity contribution is 0.466. The number of nitrogens with one attached hydrogen (secondary N) is 1. The van der Waals surface area contributed by atoms with Gasteiger partial charge in [-0.25, -0.2) is 13.1 Å². The van der Waals surface area contributed by atoms with Gasteiger partial charge in [-0.1, -0.05) is 30.5 Å². The second kappa shape index (κ2) is 8.03. The SMILES string of the molecule is O=S(=O)(NCc1cc(-c2ccccn2)n(C2CCCC2)n1)c1ccc(Cl)cc1. The van der Waals surface area contributed by atoms with Crippen LogP contribution in [-0.2, 0) is 16.6 Å². The number of pyridine rings is 1. The predicted molar refractivity (Wildman–Crippen MR) is 108 cm³/mol. The van der Waals surface area contributed by atoms with E-state index in [1.807, 2.05) is 28.9 Å². The molecule has 2 heterocycles. The van der Waals surface area contributed by atoms with Crippen molar-refractivity contribution >= 4 is 21.6 Å². The monoisotopic (exact) mass is 416 g/mol. The number of rotatable bonds is 6. The minimum Gasteiger partial charge on any atom is -0.260 e. The van der Waals surface area contributed by atoms with E-state index < -0.39 is 10.0 Å². The van der Waals surface area contributed by atoms with Crippen molar-refractivity contribution in [3.05, 3.63) is 65.4 Å². The van der Waals surface area contributed by atoms with Crippen molar-refractivity contribution in [3.8, 4) is 11.4 Å². The van der Waals surface area contributed by atoms with Crippen LogP contribution < -0.4 is 4.72 Å². The van der Waals surface area contributed by atoms with E-state index in [1.165, 1.54) is 25.0 Å². The lowest BCUT2D eigenvalue weighted by Gasteiger charge is -2.13. The van der Waals surface area contributed by atoms with Gasteiger partial charge in [0.2, 0.25) is 10.0 Å². The lowest BCUT2D eigenvalue weighted by Crippen LogP contribution is -2.23. The molecule has 1 N–H and O–H groups in total.